The van der Waals surface area contributed by atoms with Crippen molar-refractivity contribution < 1.29 is 4.52 Å². The summed E-state index contributed by atoms with van der Waals surface area (Å²) in [5.41, 5.74) is 7.72. The number of imidazole rings is 1. The van der Waals surface area contributed by atoms with Gasteiger partial charge in [-0.1, -0.05) is 35.5 Å². The van der Waals surface area contributed by atoms with Crippen molar-refractivity contribution in [2.45, 2.75) is 5.92 Å². The largest absolute Gasteiger partial charge is 0.338 e. The van der Waals surface area contributed by atoms with E-state index in [0.717, 1.165) is 11.3 Å². The maximum atomic E-state index is 5.85. The molecule has 6 heteroatoms. The van der Waals surface area contributed by atoms with Crippen molar-refractivity contribution in [3.8, 4) is 11.5 Å². The molecule has 2 aromatic heterocycles. The van der Waals surface area contributed by atoms with Crippen LogP contribution in [0.15, 0.2) is 47.4 Å². The number of rotatable bonds is 4. The molecule has 0 fully saturated rings. The molecule has 3 aromatic rings. The van der Waals surface area contributed by atoms with Crippen LogP contribution in [0.1, 0.15) is 17.4 Å². The van der Waals surface area contributed by atoms with Gasteiger partial charge in [-0.3, -0.25) is 0 Å². The van der Waals surface area contributed by atoms with Crippen LogP contribution in [-0.2, 0) is 7.05 Å². The molecule has 0 aliphatic rings. The Kier molecular flexibility index (Phi) is 3.30. The van der Waals surface area contributed by atoms with Crippen LogP contribution in [0.4, 0.5) is 0 Å². The number of hydrogen-bond acceptors (Lipinski definition) is 5. The van der Waals surface area contributed by atoms with Gasteiger partial charge in [0, 0.05) is 13.6 Å². The molecule has 6 nitrogen and oxygen atoms in total. The van der Waals surface area contributed by atoms with Crippen LogP contribution in [0.5, 0.6) is 0 Å². The van der Waals surface area contributed by atoms with Gasteiger partial charge < -0.3 is 14.8 Å². The number of nitrogens with two attached hydrogens (primary N) is 1. The molecule has 0 aliphatic carbocycles. The van der Waals surface area contributed by atoms with Gasteiger partial charge in [-0.2, -0.15) is 4.98 Å². The molecule has 1 aromatic carbocycles. The molecule has 2 N–H and O–H groups in total. The minimum absolute atomic E-state index is 0.0920. The zero-order valence-corrected chi connectivity index (χ0v) is 11.1. The molecule has 0 bridgehead atoms. The van der Waals surface area contributed by atoms with Gasteiger partial charge in [-0.15, -0.1) is 0 Å². The predicted molar refractivity (Wildman–Crippen MR) is 73.8 cm³/mol. The third-order valence-electron chi connectivity index (χ3n) is 3.22. The Bertz CT molecular complexity index is 688. The molecule has 0 amide bonds. The summed E-state index contributed by atoms with van der Waals surface area (Å²) in [6.07, 6.45) is 3.40. The highest BCUT2D eigenvalue weighted by atomic mass is 16.5. The van der Waals surface area contributed by atoms with Crippen LogP contribution in [0.3, 0.4) is 0 Å². The molecule has 20 heavy (non-hydrogen) atoms. The highest BCUT2D eigenvalue weighted by Crippen LogP contribution is 2.24. The first kappa shape index (κ1) is 12.6. The Labute approximate surface area is 116 Å². The lowest BCUT2D eigenvalue weighted by Gasteiger charge is -2.09. The summed E-state index contributed by atoms with van der Waals surface area (Å²) in [4.78, 5) is 8.49. The molecular weight excluding hydrogens is 254 g/mol. The van der Waals surface area contributed by atoms with Gasteiger partial charge in [0.15, 0.2) is 0 Å². The van der Waals surface area contributed by atoms with Gasteiger partial charge in [0.2, 0.25) is 11.7 Å². The van der Waals surface area contributed by atoms with E-state index in [2.05, 4.69) is 15.1 Å². The molecular formula is C14H15N5O. The van der Waals surface area contributed by atoms with Crippen LogP contribution in [0.2, 0.25) is 0 Å². The average molecular weight is 269 g/mol. The predicted octanol–water partition coefficient (Wildman–Crippen LogP) is 1.56. The Hall–Kier alpha value is -2.47. The molecule has 1 unspecified atom stereocenters. The van der Waals surface area contributed by atoms with E-state index in [1.165, 1.54) is 0 Å². The zero-order valence-electron chi connectivity index (χ0n) is 11.1. The molecule has 0 saturated heterocycles. The minimum atomic E-state index is -0.0920. The Morgan fingerprint density at radius 3 is 2.75 bits per heavy atom. The minimum Gasteiger partial charge on any atom is -0.338 e. The van der Waals surface area contributed by atoms with E-state index in [9.17, 15) is 0 Å². The molecule has 0 spiro atoms. The monoisotopic (exact) mass is 269 g/mol. The quantitative estimate of drug-likeness (QED) is 0.777. The molecule has 3 rings (SSSR count). The third-order valence-corrected chi connectivity index (χ3v) is 3.22. The van der Waals surface area contributed by atoms with Crippen molar-refractivity contribution in [2.24, 2.45) is 12.8 Å². The molecule has 0 aliphatic heterocycles. The molecule has 1 atom stereocenters. The summed E-state index contributed by atoms with van der Waals surface area (Å²) in [6.45, 7) is 0.414. The number of hydrogen-bond donors (Lipinski definition) is 1. The fourth-order valence-corrected chi connectivity index (χ4v) is 2.12. The zero-order chi connectivity index (χ0) is 13.9. The van der Waals surface area contributed by atoms with Crippen molar-refractivity contribution in [1.82, 2.24) is 19.7 Å². The smallest absolute Gasteiger partial charge is 0.235 e. The van der Waals surface area contributed by atoms with Crippen LogP contribution < -0.4 is 5.73 Å². The maximum absolute atomic E-state index is 5.85. The van der Waals surface area contributed by atoms with Gasteiger partial charge in [0.1, 0.15) is 5.69 Å². The van der Waals surface area contributed by atoms with E-state index < -0.39 is 0 Å². The Morgan fingerprint density at radius 1 is 1.30 bits per heavy atom. The second-order valence-electron chi connectivity index (χ2n) is 4.54. The first-order valence-corrected chi connectivity index (χ1v) is 6.35. The van der Waals surface area contributed by atoms with Crippen molar-refractivity contribution in [3.63, 3.8) is 0 Å². The lowest BCUT2D eigenvalue weighted by Crippen LogP contribution is -2.14. The molecule has 0 radical (unpaired) electrons. The number of aromatic nitrogens is 4. The van der Waals surface area contributed by atoms with Gasteiger partial charge in [0.25, 0.3) is 0 Å². The molecule has 2 heterocycles. The molecule has 0 saturated carbocycles. The third kappa shape index (κ3) is 2.21. The standard InChI is InChI=1S/C14H15N5O/c1-19-9-16-8-12(19)13-17-14(20-18-13)11(7-15)10-5-3-2-4-6-10/h2-6,8-9,11H,7,15H2,1H3. The van der Waals surface area contributed by atoms with Gasteiger partial charge in [-0.05, 0) is 5.56 Å². The van der Waals surface area contributed by atoms with E-state index in [0.29, 0.717) is 18.3 Å². The number of benzene rings is 1. The average Bonchev–Trinajstić information content (AvgIpc) is 3.10. The summed E-state index contributed by atoms with van der Waals surface area (Å²) in [5.74, 6) is 0.954. The topological polar surface area (TPSA) is 82.8 Å². The SMILES string of the molecule is Cn1cncc1-c1noc(C(CN)c2ccccc2)n1. The maximum Gasteiger partial charge on any atom is 0.235 e. The summed E-state index contributed by atoms with van der Waals surface area (Å²) in [6, 6.07) is 9.91. The van der Waals surface area contributed by atoms with E-state index in [1.54, 1.807) is 12.5 Å². The summed E-state index contributed by atoms with van der Waals surface area (Å²) in [5, 5.41) is 4.01. The van der Waals surface area contributed by atoms with Crippen molar-refractivity contribution >= 4 is 0 Å². The first-order chi connectivity index (χ1) is 9.79. The van der Waals surface area contributed by atoms with Crippen molar-refractivity contribution in [3.05, 3.63) is 54.3 Å². The summed E-state index contributed by atoms with van der Waals surface area (Å²) < 4.78 is 7.21. The van der Waals surface area contributed by atoms with E-state index in [-0.39, 0.29) is 5.92 Å². The van der Waals surface area contributed by atoms with Crippen molar-refractivity contribution in [2.75, 3.05) is 6.54 Å². The van der Waals surface area contributed by atoms with Gasteiger partial charge >= 0.3 is 0 Å². The summed E-state index contributed by atoms with van der Waals surface area (Å²) >= 11 is 0. The van der Waals surface area contributed by atoms with Crippen LogP contribution in [-0.4, -0.2) is 26.2 Å². The first-order valence-electron chi connectivity index (χ1n) is 6.35. The fraction of sp³-hybridized carbons (Fsp3) is 0.214. The Morgan fingerprint density at radius 2 is 2.10 bits per heavy atom. The van der Waals surface area contributed by atoms with E-state index >= 15 is 0 Å². The van der Waals surface area contributed by atoms with Gasteiger partial charge in [0.05, 0.1) is 18.4 Å². The number of nitrogens with zero attached hydrogens (tertiary/aromatic N) is 4. The van der Waals surface area contributed by atoms with Crippen LogP contribution in [0.25, 0.3) is 11.5 Å². The fourth-order valence-electron chi connectivity index (χ4n) is 2.12. The molecule has 102 valence electrons. The number of aryl methyl sites for hydroxylation is 1. The van der Waals surface area contributed by atoms with Crippen LogP contribution >= 0.6 is 0 Å². The second kappa shape index (κ2) is 5.26. The summed E-state index contributed by atoms with van der Waals surface area (Å²) in [7, 11) is 1.88. The normalized spacial score (nSPS) is 12.5. The van der Waals surface area contributed by atoms with E-state index in [1.807, 2.05) is 41.9 Å². The highest BCUT2D eigenvalue weighted by molar-refractivity contribution is 5.47. The highest BCUT2D eigenvalue weighted by Gasteiger charge is 2.20. The second-order valence-corrected chi connectivity index (χ2v) is 4.54. The van der Waals surface area contributed by atoms with Crippen molar-refractivity contribution in [1.29, 1.82) is 0 Å². The van der Waals surface area contributed by atoms with E-state index in [4.69, 9.17) is 10.3 Å². The lowest BCUT2D eigenvalue weighted by molar-refractivity contribution is 0.367. The Balaban J connectivity index is 1.95. The lowest BCUT2D eigenvalue weighted by atomic mass is 9.99. The van der Waals surface area contributed by atoms with Crippen LogP contribution in [0, 0.1) is 0 Å². The van der Waals surface area contributed by atoms with Gasteiger partial charge in [-0.25, -0.2) is 4.98 Å².